The number of hydrogen-bond donors (Lipinski definition) is 0. The van der Waals surface area contributed by atoms with Gasteiger partial charge in [-0.15, -0.1) is 11.6 Å². The van der Waals surface area contributed by atoms with Gasteiger partial charge in [0.15, 0.2) is 0 Å². The average Bonchev–Trinajstić information content (AvgIpc) is 3.10. The summed E-state index contributed by atoms with van der Waals surface area (Å²) in [6, 6.07) is 0.699. The van der Waals surface area contributed by atoms with Crippen LogP contribution >= 0.6 is 23.2 Å². The lowest BCUT2D eigenvalue weighted by Gasteiger charge is -2.20. The molecule has 0 bridgehead atoms. The van der Waals surface area contributed by atoms with Gasteiger partial charge in [-0.05, 0) is 19.3 Å². The lowest BCUT2D eigenvalue weighted by molar-refractivity contribution is 0.263. The van der Waals surface area contributed by atoms with E-state index in [4.69, 9.17) is 23.2 Å². The molecule has 0 N–H and O–H groups in total. The van der Waals surface area contributed by atoms with E-state index in [0.29, 0.717) is 11.9 Å². The van der Waals surface area contributed by atoms with Gasteiger partial charge in [0.05, 0.1) is 16.4 Å². The average molecular weight is 276 g/mol. The Kier molecular flexibility index (Phi) is 4.34. The van der Waals surface area contributed by atoms with Gasteiger partial charge in [-0.25, -0.2) is 0 Å². The summed E-state index contributed by atoms with van der Waals surface area (Å²) < 4.78 is 1.91. The highest BCUT2D eigenvalue weighted by molar-refractivity contribution is 6.31. The van der Waals surface area contributed by atoms with Crippen molar-refractivity contribution in [3.8, 4) is 0 Å². The molecule has 3 nitrogen and oxygen atoms in total. The molecular weight excluding hydrogens is 257 g/mol. The van der Waals surface area contributed by atoms with Gasteiger partial charge in [0.25, 0.3) is 0 Å². The zero-order chi connectivity index (χ0) is 12.4. The molecule has 96 valence electrons. The van der Waals surface area contributed by atoms with Crippen LogP contribution in [0, 0.1) is 0 Å². The Labute approximate surface area is 113 Å². The van der Waals surface area contributed by atoms with Crippen LogP contribution in [0.2, 0.25) is 5.02 Å². The molecule has 1 saturated carbocycles. The molecule has 0 atom stereocenters. The van der Waals surface area contributed by atoms with Gasteiger partial charge >= 0.3 is 0 Å². The highest BCUT2D eigenvalue weighted by Crippen LogP contribution is 2.30. The van der Waals surface area contributed by atoms with Crippen LogP contribution in [0.3, 0.4) is 0 Å². The summed E-state index contributed by atoms with van der Waals surface area (Å²) in [4.78, 5) is 2.41. The van der Waals surface area contributed by atoms with Gasteiger partial charge in [0.2, 0.25) is 0 Å². The van der Waals surface area contributed by atoms with E-state index in [-0.39, 0.29) is 0 Å². The molecule has 1 aliphatic rings. The smallest absolute Gasteiger partial charge is 0.0863 e. The van der Waals surface area contributed by atoms with Crippen molar-refractivity contribution in [2.24, 2.45) is 7.05 Å². The lowest BCUT2D eigenvalue weighted by atomic mass is 10.3. The molecule has 0 aliphatic heterocycles. The molecule has 17 heavy (non-hydrogen) atoms. The predicted octanol–water partition coefficient (Wildman–Crippen LogP) is 2.84. The van der Waals surface area contributed by atoms with E-state index >= 15 is 0 Å². The molecule has 1 aromatic rings. The van der Waals surface area contributed by atoms with Crippen LogP contribution < -0.4 is 0 Å². The van der Waals surface area contributed by atoms with E-state index in [1.807, 2.05) is 11.7 Å². The van der Waals surface area contributed by atoms with Gasteiger partial charge in [0.1, 0.15) is 0 Å². The first kappa shape index (κ1) is 13.2. The number of nitrogens with zero attached hydrogens (tertiary/aromatic N) is 3. The first-order chi connectivity index (χ1) is 8.17. The molecule has 0 saturated heterocycles. The molecule has 1 aromatic heterocycles. The summed E-state index contributed by atoms with van der Waals surface area (Å²) >= 11 is 12.2. The maximum absolute atomic E-state index is 6.36. The molecule has 1 fully saturated rings. The molecule has 1 aliphatic carbocycles. The van der Waals surface area contributed by atoms with E-state index < -0.39 is 0 Å². The topological polar surface area (TPSA) is 21.1 Å². The Morgan fingerprint density at radius 3 is 2.65 bits per heavy atom. The first-order valence-corrected chi connectivity index (χ1v) is 7.08. The zero-order valence-corrected chi connectivity index (χ0v) is 11.9. The van der Waals surface area contributed by atoms with Gasteiger partial charge in [-0.3, -0.25) is 9.58 Å². The third-order valence-electron chi connectivity index (χ3n) is 3.29. The maximum atomic E-state index is 6.36. The second-order valence-corrected chi connectivity index (χ2v) is 5.33. The number of hydrogen-bond acceptors (Lipinski definition) is 2. The summed E-state index contributed by atoms with van der Waals surface area (Å²) in [5, 5.41) is 5.28. The second kappa shape index (κ2) is 5.59. The minimum atomic E-state index is 0.673. The number of alkyl halides is 1. The van der Waals surface area contributed by atoms with Crippen LogP contribution in [-0.2, 0) is 20.0 Å². The van der Waals surface area contributed by atoms with E-state index in [0.717, 1.165) is 35.9 Å². The summed E-state index contributed by atoms with van der Waals surface area (Å²) in [5.74, 6) is 0.673. The molecular formula is C12H19Cl2N3. The van der Waals surface area contributed by atoms with Crippen molar-refractivity contribution in [3.63, 3.8) is 0 Å². The van der Waals surface area contributed by atoms with Crippen LogP contribution in [0.5, 0.6) is 0 Å². The Morgan fingerprint density at radius 1 is 1.47 bits per heavy atom. The summed E-state index contributed by atoms with van der Waals surface area (Å²) in [6.45, 7) is 3.87. The molecule has 1 heterocycles. The number of rotatable bonds is 6. The van der Waals surface area contributed by atoms with E-state index in [2.05, 4.69) is 16.9 Å². The Balaban J connectivity index is 2.13. The molecule has 2 rings (SSSR count). The van der Waals surface area contributed by atoms with Crippen LogP contribution in [-0.4, -0.2) is 33.1 Å². The van der Waals surface area contributed by atoms with Crippen LogP contribution in [0.25, 0.3) is 0 Å². The van der Waals surface area contributed by atoms with Crippen molar-refractivity contribution in [3.05, 3.63) is 16.4 Å². The minimum Gasteiger partial charge on any atom is -0.293 e. The van der Waals surface area contributed by atoms with Crippen molar-refractivity contribution in [1.82, 2.24) is 14.7 Å². The molecule has 0 aromatic carbocycles. The Hall–Kier alpha value is -0.250. The molecule has 0 unspecified atom stereocenters. The number of aryl methyl sites for hydroxylation is 2. The molecule has 0 spiro atoms. The van der Waals surface area contributed by atoms with Crippen LogP contribution in [0.1, 0.15) is 31.2 Å². The molecule has 0 amide bonds. The number of aromatic nitrogens is 2. The van der Waals surface area contributed by atoms with Crippen LogP contribution in [0.4, 0.5) is 0 Å². The quantitative estimate of drug-likeness (QED) is 0.745. The molecule has 0 radical (unpaired) electrons. The fourth-order valence-corrected chi connectivity index (χ4v) is 2.69. The SMILES string of the molecule is CCc1nn(C)c(CN(CCCl)C2CC2)c1Cl. The largest absolute Gasteiger partial charge is 0.293 e. The fourth-order valence-electron chi connectivity index (χ4n) is 2.12. The van der Waals surface area contributed by atoms with Crippen LogP contribution in [0.15, 0.2) is 0 Å². The third kappa shape index (κ3) is 2.95. The monoisotopic (exact) mass is 275 g/mol. The maximum Gasteiger partial charge on any atom is 0.0863 e. The van der Waals surface area contributed by atoms with Crippen molar-refractivity contribution >= 4 is 23.2 Å². The van der Waals surface area contributed by atoms with Gasteiger partial charge < -0.3 is 0 Å². The second-order valence-electron chi connectivity index (χ2n) is 4.58. The van der Waals surface area contributed by atoms with Crippen molar-refractivity contribution in [2.75, 3.05) is 12.4 Å². The standard InChI is InChI=1S/C12H19Cl2N3/c1-3-10-12(14)11(16(2)15-10)8-17(7-6-13)9-4-5-9/h9H,3-8H2,1-2H3. The normalized spacial score (nSPS) is 15.8. The van der Waals surface area contributed by atoms with Gasteiger partial charge in [0, 0.05) is 32.1 Å². The lowest BCUT2D eigenvalue weighted by Crippen LogP contribution is -2.28. The first-order valence-electron chi connectivity index (χ1n) is 6.17. The van der Waals surface area contributed by atoms with Crippen molar-refractivity contribution < 1.29 is 0 Å². The third-order valence-corrected chi connectivity index (χ3v) is 3.90. The summed E-state index contributed by atoms with van der Waals surface area (Å²) in [5.41, 5.74) is 2.10. The van der Waals surface area contributed by atoms with E-state index in [1.165, 1.54) is 12.8 Å². The van der Waals surface area contributed by atoms with Crippen molar-refractivity contribution in [2.45, 2.75) is 38.8 Å². The zero-order valence-electron chi connectivity index (χ0n) is 10.4. The summed E-state index contributed by atoms with van der Waals surface area (Å²) in [6.07, 6.45) is 3.45. The van der Waals surface area contributed by atoms with Gasteiger partial charge in [-0.1, -0.05) is 18.5 Å². The number of halogens is 2. The Morgan fingerprint density at radius 2 is 2.18 bits per heavy atom. The minimum absolute atomic E-state index is 0.673. The highest BCUT2D eigenvalue weighted by atomic mass is 35.5. The Bertz CT molecular complexity index is 385. The van der Waals surface area contributed by atoms with E-state index in [9.17, 15) is 0 Å². The highest BCUT2D eigenvalue weighted by Gasteiger charge is 2.29. The fraction of sp³-hybridized carbons (Fsp3) is 0.750. The van der Waals surface area contributed by atoms with Gasteiger partial charge in [-0.2, -0.15) is 5.10 Å². The van der Waals surface area contributed by atoms with Crippen molar-refractivity contribution in [1.29, 1.82) is 0 Å². The summed E-state index contributed by atoms with van der Waals surface area (Å²) in [7, 11) is 1.96. The molecule has 5 heteroatoms. The predicted molar refractivity (Wildman–Crippen MR) is 71.7 cm³/mol. The van der Waals surface area contributed by atoms with E-state index in [1.54, 1.807) is 0 Å².